The third kappa shape index (κ3) is 6.16. The van der Waals surface area contributed by atoms with Crippen LogP contribution in [0.15, 0.2) is 24.3 Å². The molecule has 3 fully saturated rings. The van der Waals surface area contributed by atoms with Gasteiger partial charge in [0.05, 0.1) is 23.2 Å². The molecule has 2 aromatic heterocycles. The van der Waals surface area contributed by atoms with Gasteiger partial charge in [-0.3, -0.25) is 19.4 Å². The molecule has 0 radical (unpaired) electrons. The number of nitrogens with one attached hydrogen (secondary N) is 1. The summed E-state index contributed by atoms with van der Waals surface area (Å²) in [6, 6.07) is 10.2. The molecule has 0 spiro atoms. The van der Waals surface area contributed by atoms with E-state index in [9.17, 15) is 9.59 Å². The van der Waals surface area contributed by atoms with E-state index in [2.05, 4.69) is 97.4 Å². The van der Waals surface area contributed by atoms with Gasteiger partial charge in [0.15, 0.2) is 5.78 Å². The molecule has 0 bridgehead atoms. The molecule has 6 nitrogen and oxygen atoms in total. The number of benzene rings is 1. The molecule has 6 rings (SSSR count). The lowest BCUT2D eigenvalue weighted by Crippen LogP contribution is -2.45. The molecule has 3 aromatic rings. The first-order valence-electron chi connectivity index (χ1n) is 16.7. The lowest BCUT2D eigenvalue weighted by molar-refractivity contribution is -0.137. The average Bonchev–Trinajstić information content (AvgIpc) is 3.79. The smallest absolute Gasteiger partial charge is 0.233 e. The number of hydrogen-bond acceptors (Lipinski definition) is 6. The minimum atomic E-state index is -0.646. The molecule has 3 unspecified atom stereocenters. The summed E-state index contributed by atoms with van der Waals surface area (Å²) in [5.41, 5.74) is 4.48. The van der Waals surface area contributed by atoms with Gasteiger partial charge in [-0.2, -0.15) is 11.8 Å². The SMILES string of the molecule is CCCC1CCCN1C(=O)C(C)(C)c1cc2c(C(=O)CN3CCC(N(C)C4CCSC4)C3)c(-c3cc(C)cc(C)c3)[nH]c2s1. The van der Waals surface area contributed by atoms with Crippen LogP contribution >= 0.6 is 23.1 Å². The number of nitrogens with zero attached hydrogens (tertiary/aromatic N) is 3. The zero-order valence-electron chi connectivity index (χ0n) is 27.5. The van der Waals surface area contributed by atoms with Crippen molar-refractivity contribution >= 4 is 45.0 Å². The van der Waals surface area contributed by atoms with Crippen LogP contribution in [-0.4, -0.2) is 94.2 Å². The zero-order chi connectivity index (χ0) is 31.2. The molecule has 3 saturated heterocycles. The van der Waals surface area contributed by atoms with E-state index in [1.54, 1.807) is 11.3 Å². The Hall–Kier alpha value is -2.13. The first kappa shape index (κ1) is 31.8. The topological polar surface area (TPSA) is 59.7 Å². The minimum Gasteiger partial charge on any atom is -0.346 e. The van der Waals surface area contributed by atoms with Crippen LogP contribution in [0, 0.1) is 13.8 Å². The van der Waals surface area contributed by atoms with E-state index in [1.807, 2.05) is 0 Å². The van der Waals surface area contributed by atoms with E-state index >= 15 is 0 Å². The normalized spacial score (nSPS) is 23.1. The Kier molecular flexibility index (Phi) is 9.36. The maximum absolute atomic E-state index is 14.3. The van der Waals surface area contributed by atoms with Crippen molar-refractivity contribution in [2.45, 2.75) is 96.7 Å². The molecule has 3 aliphatic rings. The van der Waals surface area contributed by atoms with Crippen LogP contribution in [0.1, 0.15) is 85.7 Å². The second kappa shape index (κ2) is 12.9. The third-order valence-electron chi connectivity index (χ3n) is 10.4. The number of aromatic amines is 1. The van der Waals surface area contributed by atoms with E-state index in [4.69, 9.17) is 0 Å². The highest BCUT2D eigenvalue weighted by Crippen LogP contribution is 2.42. The molecule has 8 heteroatoms. The van der Waals surface area contributed by atoms with E-state index in [1.165, 1.54) is 29.1 Å². The van der Waals surface area contributed by atoms with Crippen LogP contribution in [0.5, 0.6) is 0 Å². The number of ketones is 1. The molecule has 1 N–H and O–H groups in total. The number of aromatic nitrogens is 1. The zero-order valence-corrected chi connectivity index (χ0v) is 29.1. The van der Waals surface area contributed by atoms with Crippen LogP contribution in [0.2, 0.25) is 0 Å². The number of Topliss-reactive ketones (excluding diaryl/α,β-unsaturated/α-hetero) is 1. The number of amides is 1. The predicted molar refractivity (Wildman–Crippen MR) is 186 cm³/mol. The van der Waals surface area contributed by atoms with Crippen molar-refractivity contribution in [3.8, 4) is 11.3 Å². The standard InChI is InChI=1S/C36H50N4O2S2/c1-7-9-26-10-8-13-40(26)35(42)36(4,5)31-19-29-32(33(37-34(29)44-31)25-17-23(2)16-24(3)18-25)30(41)21-39-14-11-27(20-39)38(6)28-12-15-43-22-28/h16-19,26-28,37H,7-15,20-22H2,1-6H3. The van der Waals surface area contributed by atoms with Gasteiger partial charge in [-0.25, -0.2) is 0 Å². The number of hydrogen-bond donors (Lipinski definition) is 1. The number of rotatable bonds is 10. The molecular formula is C36H50N4O2S2. The number of likely N-dealkylation sites (tertiary alicyclic amines) is 2. The first-order chi connectivity index (χ1) is 21.1. The van der Waals surface area contributed by atoms with Crippen molar-refractivity contribution < 1.29 is 9.59 Å². The number of likely N-dealkylation sites (N-methyl/N-ethyl adjacent to an activating group) is 1. The van der Waals surface area contributed by atoms with Gasteiger partial charge in [-0.15, -0.1) is 11.3 Å². The quantitative estimate of drug-likeness (QED) is 0.238. The van der Waals surface area contributed by atoms with Crippen molar-refractivity contribution in [2.24, 2.45) is 0 Å². The summed E-state index contributed by atoms with van der Waals surface area (Å²) in [5, 5.41) is 0.965. The Balaban J connectivity index is 1.31. The van der Waals surface area contributed by atoms with Gasteiger partial charge in [0, 0.05) is 53.8 Å². The van der Waals surface area contributed by atoms with Gasteiger partial charge in [0.1, 0.15) is 4.83 Å². The van der Waals surface area contributed by atoms with E-state index in [-0.39, 0.29) is 11.7 Å². The minimum absolute atomic E-state index is 0.168. The maximum Gasteiger partial charge on any atom is 0.233 e. The number of carbonyl (C=O) groups excluding carboxylic acids is 2. The van der Waals surface area contributed by atoms with E-state index < -0.39 is 5.41 Å². The highest BCUT2D eigenvalue weighted by molar-refractivity contribution is 7.99. The van der Waals surface area contributed by atoms with Crippen molar-refractivity contribution in [1.82, 2.24) is 19.7 Å². The Morgan fingerprint density at radius 1 is 1.05 bits per heavy atom. The second-order valence-electron chi connectivity index (χ2n) is 14.1. The Bertz CT molecular complexity index is 1500. The molecule has 0 saturated carbocycles. The summed E-state index contributed by atoms with van der Waals surface area (Å²) in [7, 11) is 2.28. The van der Waals surface area contributed by atoms with Gasteiger partial charge in [0.25, 0.3) is 0 Å². The number of thioether (sulfide) groups is 1. The molecule has 3 atom stereocenters. The fourth-order valence-corrected chi connectivity index (χ4v) is 10.3. The summed E-state index contributed by atoms with van der Waals surface area (Å²) in [5.74, 6) is 2.87. The van der Waals surface area contributed by atoms with Crippen molar-refractivity contribution in [2.75, 3.05) is 44.7 Å². The van der Waals surface area contributed by atoms with Gasteiger partial charge < -0.3 is 9.88 Å². The first-order valence-corrected chi connectivity index (χ1v) is 18.6. The van der Waals surface area contributed by atoms with E-state index in [0.29, 0.717) is 24.7 Å². The van der Waals surface area contributed by atoms with Crippen molar-refractivity contribution in [3.05, 3.63) is 45.8 Å². The summed E-state index contributed by atoms with van der Waals surface area (Å²) in [6.07, 6.45) is 6.74. The summed E-state index contributed by atoms with van der Waals surface area (Å²) < 4.78 is 0. The second-order valence-corrected chi connectivity index (χ2v) is 16.3. The highest BCUT2D eigenvalue weighted by atomic mass is 32.2. The highest BCUT2D eigenvalue weighted by Gasteiger charge is 2.40. The van der Waals surface area contributed by atoms with Crippen molar-refractivity contribution in [3.63, 3.8) is 0 Å². The lowest BCUT2D eigenvalue weighted by atomic mass is 9.88. The summed E-state index contributed by atoms with van der Waals surface area (Å²) in [6.45, 7) is 13.7. The Morgan fingerprint density at radius 3 is 2.52 bits per heavy atom. The number of carbonyl (C=O) groups is 2. The van der Waals surface area contributed by atoms with Gasteiger partial charge >= 0.3 is 0 Å². The number of H-pyrrole nitrogens is 1. The fraction of sp³-hybridized carbons (Fsp3) is 0.611. The van der Waals surface area contributed by atoms with Crippen LogP contribution in [0.3, 0.4) is 0 Å². The largest absolute Gasteiger partial charge is 0.346 e. The van der Waals surface area contributed by atoms with E-state index in [0.717, 1.165) is 83.7 Å². The van der Waals surface area contributed by atoms with Crippen LogP contribution in [0.4, 0.5) is 0 Å². The van der Waals surface area contributed by atoms with Crippen molar-refractivity contribution in [1.29, 1.82) is 0 Å². The Labute approximate surface area is 271 Å². The van der Waals surface area contributed by atoms with Crippen LogP contribution < -0.4 is 0 Å². The molecule has 238 valence electrons. The van der Waals surface area contributed by atoms with Gasteiger partial charge in [0.2, 0.25) is 5.91 Å². The van der Waals surface area contributed by atoms with Crippen LogP contribution in [0.25, 0.3) is 21.5 Å². The van der Waals surface area contributed by atoms with Gasteiger partial charge in [-0.1, -0.05) is 30.5 Å². The molecule has 0 aliphatic carbocycles. The monoisotopic (exact) mass is 634 g/mol. The number of thiophene rings is 1. The molecular weight excluding hydrogens is 585 g/mol. The molecule has 44 heavy (non-hydrogen) atoms. The Morgan fingerprint density at radius 2 is 1.82 bits per heavy atom. The maximum atomic E-state index is 14.3. The third-order valence-corrected chi connectivity index (χ3v) is 12.9. The number of aryl methyl sites for hydroxylation is 2. The molecule has 3 aliphatic heterocycles. The number of fused-ring (bicyclic) bond motifs is 1. The van der Waals surface area contributed by atoms with Gasteiger partial charge in [-0.05, 0) is 96.4 Å². The summed E-state index contributed by atoms with van der Waals surface area (Å²) in [4.78, 5) is 41.1. The predicted octanol–water partition coefficient (Wildman–Crippen LogP) is 7.28. The average molecular weight is 635 g/mol. The van der Waals surface area contributed by atoms with Crippen LogP contribution in [-0.2, 0) is 10.2 Å². The molecule has 5 heterocycles. The summed E-state index contributed by atoms with van der Waals surface area (Å²) >= 11 is 3.71. The molecule has 1 amide bonds. The fourth-order valence-electron chi connectivity index (χ4n) is 7.83. The molecule has 1 aromatic carbocycles. The lowest BCUT2D eigenvalue weighted by Gasteiger charge is -2.32.